The molecule has 0 radical (unpaired) electrons. The number of carbonyl (C=O) groups is 1. The molecule has 178 valence electrons. The fourth-order valence-corrected chi connectivity index (χ4v) is 5.70. The lowest BCUT2D eigenvalue weighted by Gasteiger charge is -2.35. The first-order valence-electron chi connectivity index (χ1n) is 10.9. The smallest absolute Gasteiger partial charge is 0.281 e. The number of phenols is 1. The van der Waals surface area contributed by atoms with Crippen molar-refractivity contribution in [3.05, 3.63) is 81.9 Å². The first-order chi connectivity index (χ1) is 15.9. The minimum Gasteiger partial charge on any atom is -0.508 e. The molecule has 4 N–H and O–H groups in total. The molecule has 1 atom stereocenters. The summed E-state index contributed by atoms with van der Waals surface area (Å²) in [6, 6.07) is 13.2. The maximum absolute atomic E-state index is 13.7. The Kier molecular flexibility index (Phi) is 5.87. The zero-order valence-electron chi connectivity index (χ0n) is 19.6. The molecule has 3 aromatic rings. The van der Waals surface area contributed by atoms with Crippen LogP contribution in [-0.2, 0) is 33.4 Å². The first kappa shape index (κ1) is 23.7. The number of aromatic hydroxyl groups is 1. The molecule has 0 spiro atoms. The van der Waals surface area contributed by atoms with Crippen molar-refractivity contribution in [3.63, 3.8) is 0 Å². The van der Waals surface area contributed by atoms with Crippen LogP contribution >= 0.6 is 0 Å². The average Bonchev–Trinajstić information content (AvgIpc) is 3.03. The number of aromatic nitrogens is 1. The summed E-state index contributed by atoms with van der Waals surface area (Å²) in [4.78, 5) is 19.4. The number of nitrogen functional groups attached to an aromatic ring is 1. The van der Waals surface area contributed by atoms with E-state index in [0.717, 1.165) is 27.8 Å². The van der Waals surface area contributed by atoms with Crippen LogP contribution in [-0.4, -0.2) is 29.3 Å². The van der Waals surface area contributed by atoms with E-state index in [1.807, 2.05) is 25.7 Å². The summed E-state index contributed by atoms with van der Waals surface area (Å²) in [6.07, 6.45) is 0. The Bertz CT molecular complexity index is 1380. The number of hydrogen-bond donors (Lipinski definition) is 3. The Morgan fingerprint density at radius 2 is 1.82 bits per heavy atom. The Hall–Kier alpha value is -3.43. The van der Waals surface area contributed by atoms with E-state index in [9.17, 15) is 18.3 Å². The van der Waals surface area contributed by atoms with Crippen molar-refractivity contribution in [2.24, 2.45) is 0 Å². The summed E-state index contributed by atoms with van der Waals surface area (Å²) < 4.78 is 28.1. The van der Waals surface area contributed by atoms with Gasteiger partial charge in [0.2, 0.25) is 0 Å². The van der Waals surface area contributed by atoms with E-state index in [1.165, 1.54) is 24.3 Å². The van der Waals surface area contributed by atoms with Crippen LogP contribution in [0.5, 0.6) is 5.75 Å². The maximum atomic E-state index is 13.7. The van der Waals surface area contributed by atoms with Crippen LogP contribution in [0.1, 0.15) is 40.3 Å². The van der Waals surface area contributed by atoms with E-state index < -0.39 is 21.5 Å². The van der Waals surface area contributed by atoms with E-state index in [-0.39, 0.29) is 16.6 Å². The van der Waals surface area contributed by atoms with Gasteiger partial charge in [0.15, 0.2) is 5.03 Å². The van der Waals surface area contributed by atoms with Crippen LogP contribution in [0, 0.1) is 20.8 Å². The topological polar surface area (TPSA) is 126 Å². The molecule has 0 saturated heterocycles. The number of nitrogens with one attached hydrogen (secondary N) is 1. The van der Waals surface area contributed by atoms with Gasteiger partial charge in [0.1, 0.15) is 17.1 Å². The minimum atomic E-state index is -4.27. The van der Waals surface area contributed by atoms with Crippen LogP contribution in [0.25, 0.3) is 0 Å². The zero-order chi connectivity index (χ0) is 24.8. The first-order valence-corrected chi connectivity index (χ1v) is 12.3. The summed E-state index contributed by atoms with van der Waals surface area (Å²) in [5.41, 5.74) is 10.1. The Morgan fingerprint density at radius 1 is 1.15 bits per heavy atom. The maximum Gasteiger partial charge on any atom is 0.281 e. The van der Waals surface area contributed by atoms with Crippen LogP contribution in [0.3, 0.4) is 0 Å². The van der Waals surface area contributed by atoms with Crippen LogP contribution < -0.4 is 10.5 Å². The van der Waals surface area contributed by atoms with E-state index in [2.05, 4.69) is 21.8 Å². The molecule has 9 heteroatoms. The SMILES string of the molecule is Cc1cc(C)c(CN2Cc3ccc(O)cc3C2(C)C(=O)NS(=O)(=O)c2cccc(N)n2)c(C)c1. The summed E-state index contributed by atoms with van der Waals surface area (Å²) in [6.45, 7) is 8.60. The molecule has 1 aliphatic rings. The molecule has 2 aromatic carbocycles. The van der Waals surface area contributed by atoms with Crippen molar-refractivity contribution >= 4 is 21.7 Å². The third-order valence-electron chi connectivity index (χ3n) is 6.49. The number of fused-ring (bicyclic) bond motifs is 1. The molecule has 0 fully saturated rings. The fraction of sp³-hybridized carbons (Fsp3) is 0.280. The molecule has 2 heterocycles. The van der Waals surface area contributed by atoms with Crippen LogP contribution in [0.2, 0.25) is 0 Å². The van der Waals surface area contributed by atoms with Gasteiger partial charge in [0.25, 0.3) is 15.9 Å². The number of pyridine rings is 1. The molecule has 0 bridgehead atoms. The summed E-state index contributed by atoms with van der Waals surface area (Å²) in [7, 11) is -4.27. The normalized spacial score (nSPS) is 18.0. The Labute approximate surface area is 199 Å². The zero-order valence-corrected chi connectivity index (χ0v) is 20.4. The fourth-order valence-electron chi connectivity index (χ4n) is 4.67. The Balaban J connectivity index is 1.76. The predicted octanol–water partition coefficient (Wildman–Crippen LogP) is 3.03. The number of carbonyl (C=O) groups excluding carboxylic acids is 1. The summed E-state index contributed by atoms with van der Waals surface area (Å²) >= 11 is 0. The monoisotopic (exact) mass is 480 g/mol. The quantitative estimate of drug-likeness (QED) is 0.512. The predicted molar refractivity (Wildman–Crippen MR) is 129 cm³/mol. The van der Waals surface area contributed by atoms with Crippen molar-refractivity contribution in [2.75, 3.05) is 5.73 Å². The van der Waals surface area contributed by atoms with E-state index >= 15 is 0 Å². The van der Waals surface area contributed by atoms with Crippen LogP contribution in [0.15, 0.2) is 53.6 Å². The highest BCUT2D eigenvalue weighted by molar-refractivity contribution is 7.90. The highest BCUT2D eigenvalue weighted by Gasteiger charge is 2.49. The van der Waals surface area contributed by atoms with Crippen molar-refractivity contribution in [1.29, 1.82) is 0 Å². The number of rotatable bonds is 5. The van der Waals surface area contributed by atoms with E-state index in [4.69, 9.17) is 5.73 Å². The molecule has 8 nitrogen and oxygen atoms in total. The molecule has 0 saturated carbocycles. The molecule has 34 heavy (non-hydrogen) atoms. The van der Waals surface area contributed by atoms with Gasteiger partial charge in [-0.05, 0) is 79.8 Å². The number of aryl methyl sites for hydroxylation is 3. The summed E-state index contributed by atoms with van der Waals surface area (Å²) in [5.74, 6) is -0.698. The molecule has 1 unspecified atom stereocenters. The Morgan fingerprint density at radius 3 is 2.47 bits per heavy atom. The number of nitrogens with two attached hydrogens (primary N) is 1. The highest BCUT2D eigenvalue weighted by Crippen LogP contribution is 2.42. The second kappa shape index (κ2) is 8.41. The van der Waals surface area contributed by atoms with Gasteiger partial charge in [-0.25, -0.2) is 9.71 Å². The number of benzene rings is 2. The number of hydrogen-bond acceptors (Lipinski definition) is 7. The van der Waals surface area contributed by atoms with Gasteiger partial charge >= 0.3 is 0 Å². The number of sulfonamides is 1. The number of phenolic OH excluding ortho intramolecular Hbond substituents is 1. The molecular weight excluding hydrogens is 452 g/mol. The molecule has 1 aromatic heterocycles. The lowest BCUT2D eigenvalue weighted by molar-refractivity contribution is -0.131. The van der Waals surface area contributed by atoms with Gasteiger partial charge in [-0.3, -0.25) is 9.69 Å². The lowest BCUT2D eigenvalue weighted by atomic mass is 9.90. The van der Waals surface area contributed by atoms with Gasteiger partial charge in [0, 0.05) is 13.1 Å². The van der Waals surface area contributed by atoms with Crippen molar-refractivity contribution in [1.82, 2.24) is 14.6 Å². The average molecular weight is 481 g/mol. The molecule has 0 aliphatic carbocycles. The van der Waals surface area contributed by atoms with Crippen molar-refractivity contribution in [3.8, 4) is 5.75 Å². The van der Waals surface area contributed by atoms with Gasteiger partial charge in [-0.1, -0.05) is 29.8 Å². The van der Waals surface area contributed by atoms with Gasteiger partial charge < -0.3 is 10.8 Å². The number of amides is 1. The standard InChI is InChI=1S/C25H28N4O4S/c1-15-10-16(2)20(17(3)11-15)14-29-13-18-8-9-19(30)12-21(18)25(29,4)24(31)28-34(32,33)23-7-5-6-22(26)27-23/h5-12,30H,13-14H2,1-4H3,(H2,26,27)(H,28,31). The van der Waals surface area contributed by atoms with Gasteiger partial charge in [-0.15, -0.1) is 0 Å². The van der Waals surface area contributed by atoms with Crippen molar-refractivity contribution in [2.45, 2.75) is 51.3 Å². The van der Waals surface area contributed by atoms with E-state index in [0.29, 0.717) is 18.7 Å². The van der Waals surface area contributed by atoms with Gasteiger partial charge in [-0.2, -0.15) is 8.42 Å². The number of nitrogens with zero attached hydrogens (tertiary/aromatic N) is 2. The second-order valence-electron chi connectivity index (χ2n) is 8.98. The largest absolute Gasteiger partial charge is 0.508 e. The van der Waals surface area contributed by atoms with E-state index in [1.54, 1.807) is 19.1 Å². The molecule has 1 amide bonds. The van der Waals surface area contributed by atoms with Gasteiger partial charge in [0.05, 0.1) is 0 Å². The third kappa shape index (κ3) is 4.12. The minimum absolute atomic E-state index is 0.00248. The van der Waals surface area contributed by atoms with Crippen LogP contribution in [0.4, 0.5) is 5.82 Å². The second-order valence-corrected chi connectivity index (χ2v) is 10.6. The molecular formula is C25H28N4O4S. The van der Waals surface area contributed by atoms with Crippen molar-refractivity contribution < 1.29 is 18.3 Å². The summed E-state index contributed by atoms with van der Waals surface area (Å²) in [5, 5.41) is 9.82. The third-order valence-corrected chi connectivity index (χ3v) is 7.72. The number of anilines is 1. The molecule has 1 aliphatic heterocycles. The highest BCUT2D eigenvalue weighted by atomic mass is 32.2. The molecule has 4 rings (SSSR count). The lowest BCUT2D eigenvalue weighted by Crippen LogP contribution is -2.52.